The van der Waals surface area contributed by atoms with Crippen molar-refractivity contribution in [2.24, 2.45) is 0 Å². The van der Waals surface area contributed by atoms with Gasteiger partial charge in [0.15, 0.2) is 5.60 Å². The first-order chi connectivity index (χ1) is 14.0. The highest BCUT2D eigenvalue weighted by molar-refractivity contribution is 5.78. The minimum absolute atomic E-state index is 0.135. The van der Waals surface area contributed by atoms with Crippen LogP contribution in [0.25, 0.3) is 11.5 Å². The van der Waals surface area contributed by atoms with Crippen molar-refractivity contribution in [3.05, 3.63) is 41.3 Å². The van der Waals surface area contributed by atoms with Gasteiger partial charge in [-0.15, -0.1) is 0 Å². The van der Waals surface area contributed by atoms with Crippen molar-refractivity contribution in [1.29, 1.82) is 0 Å². The summed E-state index contributed by atoms with van der Waals surface area (Å²) < 4.78 is 16.3. The van der Waals surface area contributed by atoms with Crippen molar-refractivity contribution < 1.29 is 18.7 Å². The molecule has 5 heteroatoms. The number of carbonyl (C=O) groups is 1. The maximum atomic E-state index is 11.6. The van der Waals surface area contributed by atoms with Crippen LogP contribution < -0.4 is 0 Å². The number of ether oxygens (including phenoxy) is 2. The van der Waals surface area contributed by atoms with Crippen molar-refractivity contribution in [3.63, 3.8) is 0 Å². The number of oxazole rings is 1. The van der Waals surface area contributed by atoms with Crippen LogP contribution in [0.4, 0.5) is 0 Å². The summed E-state index contributed by atoms with van der Waals surface area (Å²) in [7, 11) is 1.38. The predicted molar refractivity (Wildman–Crippen MR) is 120 cm³/mol. The summed E-state index contributed by atoms with van der Waals surface area (Å²) in [6, 6.07) is 8.48. The first kappa shape index (κ1) is 24.1. The van der Waals surface area contributed by atoms with Gasteiger partial charge in [-0.1, -0.05) is 45.7 Å². The molecule has 0 atom stereocenters. The van der Waals surface area contributed by atoms with Crippen molar-refractivity contribution >= 4 is 5.97 Å². The summed E-state index contributed by atoms with van der Waals surface area (Å²) in [5.74, 6) is 1.25. The molecular weight excluding hydrogens is 378 g/mol. The standard InChI is InChI=1S/C25H37NO4/c1-18-21(12-10-8-9-11-17-29-25(5,6)23(27)28-7)26-22(30-18)19-13-15-20(16-14-19)24(2,3)4/h13-16H,8-12,17H2,1-7H3. The second-order valence-corrected chi connectivity index (χ2v) is 9.36. The number of benzene rings is 1. The van der Waals surface area contributed by atoms with Gasteiger partial charge in [0.2, 0.25) is 5.89 Å². The molecule has 30 heavy (non-hydrogen) atoms. The van der Waals surface area contributed by atoms with E-state index in [0.717, 1.165) is 49.1 Å². The van der Waals surface area contributed by atoms with E-state index in [0.29, 0.717) is 12.5 Å². The predicted octanol–water partition coefficient (Wildman–Crippen LogP) is 6.02. The summed E-state index contributed by atoms with van der Waals surface area (Å²) in [5.41, 5.74) is 2.61. The lowest BCUT2D eigenvalue weighted by Crippen LogP contribution is -2.36. The first-order valence-corrected chi connectivity index (χ1v) is 10.8. The Balaban J connectivity index is 1.77. The molecule has 0 aliphatic rings. The molecule has 0 amide bonds. The largest absolute Gasteiger partial charge is 0.467 e. The lowest BCUT2D eigenvalue weighted by molar-refractivity contribution is -0.165. The first-order valence-electron chi connectivity index (χ1n) is 10.8. The molecule has 5 nitrogen and oxygen atoms in total. The third-order valence-electron chi connectivity index (χ3n) is 5.34. The van der Waals surface area contributed by atoms with Crippen LogP contribution in [-0.4, -0.2) is 30.3 Å². The maximum absolute atomic E-state index is 11.6. The van der Waals surface area contributed by atoms with Crippen LogP contribution in [0.2, 0.25) is 0 Å². The van der Waals surface area contributed by atoms with Crippen LogP contribution in [0.15, 0.2) is 28.7 Å². The topological polar surface area (TPSA) is 61.6 Å². The molecule has 0 bridgehead atoms. The monoisotopic (exact) mass is 415 g/mol. The lowest BCUT2D eigenvalue weighted by atomic mass is 9.87. The fourth-order valence-corrected chi connectivity index (χ4v) is 3.28. The van der Waals surface area contributed by atoms with Crippen LogP contribution in [0.3, 0.4) is 0 Å². The van der Waals surface area contributed by atoms with E-state index in [1.54, 1.807) is 13.8 Å². The summed E-state index contributed by atoms with van der Waals surface area (Å²) in [6.07, 6.45) is 5.02. The fraction of sp³-hybridized carbons (Fsp3) is 0.600. The number of unbranched alkanes of at least 4 members (excludes halogenated alkanes) is 3. The molecule has 1 aromatic heterocycles. The number of aromatic nitrogens is 1. The van der Waals surface area contributed by atoms with Crippen LogP contribution in [0.5, 0.6) is 0 Å². The minimum atomic E-state index is -0.881. The molecule has 1 aromatic carbocycles. The molecule has 0 spiro atoms. The third-order valence-corrected chi connectivity index (χ3v) is 5.34. The van der Waals surface area contributed by atoms with Crippen molar-refractivity contribution in [2.45, 2.75) is 84.7 Å². The summed E-state index contributed by atoms with van der Waals surface area (Å²) in [5, 5.41) is 0. The zero-order valence-electron chi connectivity index (χ0n) is 19.6. The van der Waals surface area contributed by atoms with Crippen LogP contribution >= 0.6 is 0 Å². The van der Waals surface area contributed by atoms with Crippen molar-refractivity contribution in [1.82, 2.24) is 4.98 Å². The van der Waals surface area contributed by atoms with Gasteiger partial charge >= 0.3 is 5.97 Å². The number of esters is 1. The highest BCUT2D eigenvalue weighted by atomic mass is 16.6. The van der Waals surface area contributed by atoms with E-state index >= 15 is 0 Å². The highest BCUT2D eigenvalue weighted by Crippen LogP contribution is 2.27. The number of aryl methyl sites for hydroxylation is 2. The molecule has 0 unspecified atom stereocenters. The molecule has 0 fully saturated rings. The lowest BCUT2D eigenvalue weighted by Gasteiger charge is -2.22. The smallest absolute Gasteiger partial charge is 0.337 e. The number of hydrogen-bond acceptors (Lipinski definition) is 5. The van der Waals surface area contributed by atoms with Gasteiger partial charge in [-0.05, 0) is 63.1 Å². The number of hydrogen-bond donors (Lipinski definition) is 0. The maximum Gasteiger partial charge on any atom is 0.337 e. The molecule has 2 rings (SSSR count). The molecule has 0 N–H and O–H groups in total. The van der Waals surface area contributed by atoms with Gasteiger partial charge in [0.1, 0.15) is 5.76 Å². The Labute approximate surface area is 181 Å². The van der Waals surface area contributed by atoms with Gasteiger partial charge in [-0.3, -0.25) is 0 Å². The van der Waals surface area contributed by atoms with E-state index in [1.165, 1.54) is 12.7 Å². The Hall–Kier alpha value is -2.14. The molecular formula is C25H37NO4. The van der Waals surface area contributed by atoms with Gasteiger partial charge in [0.05, 0.1) is 12.8 Å². The molecule has 0 saturated heterocycles. The van der Waals surface area contributed by atoms with Crippen LogP contribution in [-0.2, 0) is 26.1 Å². The van der Waals surface area contributed by atoms with E-state index in [4.69, 9.17) is 18.9 Å². The summed E-state index contributed by atoms with van der Waals surface area (Å²) in [4.78, 5) is 16.3. The third kappa shape index (κ3) is 6.69. The molecule has 0 saturated carbocycles. The second kappa shape index (κ2) is 10.3. The van der Waals surface area contributed by atoms with Gasteiger partial charge in [-0.2, -0.15) is 0 Å². The summed E-state index contributed by atoms with van der Waals surface area (Å²) >= 11 is 0. The number of carbonyl (C=O) groups excluding carboxylic acids is 1. The Morgan fingerprint density at radius 1 is 1.00 bits per heavy atom. The average molecular weight is 416 g/mol. The van der Waals surface area contributed by atoms with E-state index in [9.17, 15) is 4.79 Å². The zero-order chi connectivity index (χ0) is 22.4. The number of nitrogens with zero attached hydrogens (tertiary/aromatic N) is 1. The Kier molecular flexibility index (Phi) is 8.25. The quantitative estimate of drug-likeness (QED) is 0.351. The van der Waals surface area contributed by atoms with Crippen LogP contribution in [0.1, 0.15) is 77.3 Å². The fourth-order valence-electron chi connectivity index (χ4n) is 3.28. The number of methoxy groups -OCH3 is 1. The van der Waals surface area contributed by atoms with Gasteiger partial charge < -0.3 is 13.9 Å². The minimum Gasteiger partial charge on any atom is -0.467 e. The van der Waals surface area contributed by atoms with Crippen molar-refractivity contribution in [3.8, 4) is 11.5 Å². The molecule has 2 aromatic rings. The zero-order valence-corrected chi connectivity index (χ0v) is 19.6. The Morgan fingerprint density at radius 2 is 1.63 bits per heavy atom. The Bertz CT molecular complexity index is 813. The molecule has 0 aliphatic heterocycles. The SMILES string of the molecule is COC(=O)C(C)(C)OCCCCCCc1nc(-c2ccc(C(C)(C)C)cc2)oc1C. The molecule has 0 aliphatic carbocycles. The van der Waals surface area contributed by atoms with Crippen molar-refractivity contribution in [2.75, 3.05) is 13.7 Å². The van der Waals surface area contributed by atoms with E-state index in [-0.39, 0.29) is 11.4 Å². The van der Waals surface area contributed by atoms with Gasteiger partial charge in [-0.25, -0.2) is 9.78 Å². The van der Waals surface area contributed by atoms with Gasteiger partial charge in [0.25, 0.3) is 0 Å². The molecule has 1 heterocycles. The normalized spacial score (nSPS) is 12.2. The average Bonchev–Trinajstić information content (AvgIpc) is 3.06. The van der Waals surface area contributed by atoms with E-state index in [1.807, 2.05) is 6.92 Å². The molecule has 166 valence electrons. The Morgan fingerprint density at radius 3 is 2.23 bits per heavy atom. The highest BCUT2D eigenvalue weighted by Gasteiger charge is 2.29. The van der Waals surface area contributed by atoms with E-state index in [2.05, 4.69) is 45.0 Å². The van der Waals surface area contributed by atoms with Crippen LogP contribution in [0, 0.1) is 6.92 Å². The van der Waals surface area contributed by atoms with Gasteiger partial charge in [0, 0.05) is 12.2 Å². The summed E-state index contributed by atoms with van der Waals surface area (Å²) in [6.45, 7) is 12.6. The molecule has 0 radical (unpaired) electrons. The van der Waals surface area contributed by atoms with E-state index < -0.39 is 5.60 Å². The number of rotatable bonds is 10. The second-order valence-electron chi connectivity index (χ2n) is 9.36.